The van der Waals surface area contributed by atoms with E-state index >= 15 is 8.78 Å². The smallest absolute Gasteiger partial charge is 0.454 e. The summed E-state index contributed by atoms with van der Waals surface area (Å²) < 4.78 is 92.5. The molecule has 0 saturated carbocycles. The highest BCUT2D eigenvalue weighted by Crippen LogP contribution is 2.55. The molecule has 0 spiro atoms. The summed E-state index contributed by atoms with van der Waals surface area (Å²) >= 11 is 0. The van der Waals surface area contributed by atoms with Crippen LogP contribution in [0.5, 0.6) is 5.75 Å². The van der Waals surface area contributed by atoms with E-state index in [-0.39, 0.29) is 23.3 Å². The first-order valence-electron chi connectivity index (χ1n) is 11.4. The molecule has 0 aliphatic heterocycles. The number of rotatable bonds is 10. The number of hydrogen-bond donors (Lipinski definition) is 3. The fourth-order valence-corrected chi connectivity index (χ4v) is 4.20. The molecule has 0 aliphatic carbocycles. The Bertz CT molecular complexity index is 1200. The van der Waals surface area contributed by atoms with Crippen molar-refractivity contribution in [1.82, 2.24) is 0 Å². The largest absolute Gasteiger partial charge is 0.476 e. The fourth-order valence-electron chi connectivity index (χ4n) is 4.20. The van der Waals surface area contributed by atoms with E-state index in [2.05, 4.69) is 0 Å². The van der Waals surface area contributed by atoms with Crippen LogP contribution in [-0.2, 0) is 18.8 Å². The number of aliphatic hydroxyl groups is 3. The zero-order chi connectivity index (χ0) is 27.5. The highest BCUT2D eigenvalue weighted by Gasteiger charge is 2.79. The molecule has 3 rings (SSSR count). The molecule has 0 saturated heterocycles. The van der Waals surface area contributed by atoms with E-state index in [4.69, 9.17) is 4.74 Å². The van der Waals surface area contributed by atoms with Crippen molar-refractivity contribution in [2.24, 2.45) is 0 Å². The minimum Gasteiger partial charge on any atom is -0.476 e. The monoisotopic (exact) mass is 528 g/mol. The Morgan fingerprint density at radius 3 is 1.92 bits per heavy atom. The molecule has 0 aliphatic rings. The number of hydrogen-bond acceptors (Lipinski definition) is 4. The van der Waals surface area contributed by atoms with E-state index in [1.54, 1.807) is 36.4 Å². The Labute approximate surface area is 209 Å². The molecule has 0 amide bonds. The van der Waals surface area contributed by atoms with Crippen molar-refractivity contribution >= 4 is 0 Å². The van der Waals surface area contributed by atoms with E-state index in [1.165, 1.54) is 25.1 Å². The Kier molecular flexibility index (Phi) is 8.26. The normalized spacial score (nSPS) is 15.6. The molecule has 2 unspecified atom stereocenters. The standard InChI is InChI=1S/C27H26F6O4/c1-2-13-24(25(28,29)26(30,36)27(31,32)33,22-12-11-20(16-34)21(14-22)17-35)37-23-10-6-9-19(15-23)18-7-4-3-5-8-18/h3-12,14-15,34-36H,2,13,16-17H2,1H3. The van der Waals surface area contributed by atoms with Crippen LogP contribution >= 0.6 is 0 Å². The lowest BCUT2D eigenvalue weighted by Crippen LogP contribution is -2.66. The van der Waals surface area contributed by atoms with Gasteiger partial charge in [0.2, 0.25) is 5.60 Å². The number of alkyl halides is 6. The van der Waals surface area contributed by atoms with Crippen LogP contribution in [0.3, 0.4) is 0 Å². The van der Waals surface area contributed by atoms with Crippen LogP contribution in [0.2, 0.25) is 0 Å². The summed E-state index contributed by atoms with van der Waals surface area (Å²) in [6, 6.07) is 17.3. The van der Waals surface area contributed by atoms with Gasteiger partial charge in [-0.15, -0.1) is 0 Å². The molecule has 10 heteroatoms. The molecular formula is C27H26F6O4. The number of ether oxygens (including phenoxy) is 1. The van der Waals surface area contributed by atoms with Crippen LogP contribution in [0.4, 0.5) is 26.3 Å². The second kappa shape index (κ2) is 10.7. The fraction of sp³-hybridized carbons (Fsp3) is 0.333. The second-order valence-corrected chi connectivity index (χ2v) is 8.57. The van der Waals surface area contributed by atoms with Gasteiger partial charge in [-0.05, 0) is 46.9 Å². The molecule has 0 bridgehead atoms. The lowest BCUT2D eigenvalue weighted by atomic mass is 9.78. The average molecular weight is 528 g/mol. The Balaban J connectivity index is 2.29. The van der Waals surface area contributed by atoms with Crippen LogP contribution in [0.1, 0.15) is 36.5 Å². The first kappa shape index (κ1) is 28.5. The van der Waals surface area contributed by atoms with Crippen molar-refractivity contribution in [3.05, 3.63) is 89.5 Å². The zero-order valence-corrected chi connectivity index (χ0v) is 19.8. The van der Waals surface area contributed by atoms with Gasteiger partial charge in [0, 0.05) is 5.56 Å². The number of halogens is 6. The highest BCUT2D eigenvalue weighted by atomic mass is 19.4. The van der Waals surface area contributed by atoms with Gasteiger partial charge < -0.3 is 20.1 Å². The van der Waals surface area contributed by atoms with Gasteiger partial charge in [0.05, 0.1) is 13.2 Å². The van der Waals surface area contributed by atoms with Gasteiger partial charge in [-0.1, -0.05) is 67.9 Å². The predicted octanol–water partition coefficient (Wildman–Crippen LogP) is 6.27. The topological polar surface area (TPSA) is 69.9 Å². The van der Waals surface area contributed by atoms with Crippen molar-refractivity contribution in [1.29, 1.82) is 0 Å². The molecule has 3 aromatic rings. The maximum atomic E-state index is 15.8. The third-order valence-electron chi connectivity index (χ3n) is 6.15. The molecular weight excluding hydrogens is 502 g/mol. The van der Waals surface area contributed by atoms with Gasteiger partial charge in [-0.2, -0.15) is 26.3 Å². The van der Waals surface area contributed by atoms with Crippen molar-refractivity contribution in [3.63, 3.8) is 0 Å². The van der Waals surface area contributed by atoms with Gasteiger partial charge in [-0.3, -0.25) is 0 Å². The second-order valence-electron chi connectivity index (χ2n) is 8.57. The molecule has 2 atom stereocenters. The molecule has 0 aromatic heterocycles. The summed E-state index contributed by atoms with van der Waals surface area (Å²) in [6.07, 6.45) is -7.41. The quantitative estimate of drug-likeness (QED) is 0.272. The summed E-state index contributed by atoms with van der Waals surface area (Å²) in [5.41, 5.74) is -2.79. The summed E-state index contributed by atoms with van der Waals surface area (Å²) in [6.45, 7) is 0.0393. The molecule has 3 aromatic carbocycles. The summed E-state index contributed by atoms with van der Waals surface area (Å²) in [7, 11) is 0. The highest BCUT2D eigenvalue weighted by molar-refractivity contribution is 5.65. The molecule has 37 heavy (non-hydrogen) atoms. The summed E-state index contributed by atoms with van der Waals surface area (Å²) in [5.74, 6) is -11.8. The van der Waals surface area contributed by atoms with Crippen LogP contribution < -0.4 is 4.74 Å². The van der Waals surface area contributed by atoms with Gasteiger partial charge >= 0.3 is 18.0 Å². The van der Waals surface area contributed by atoms with Crippen molar-refractivity contribution in [2.75, 3.05) is 0 Å². The van der Waals surface area contributed by atoms with E-state index in [0.29, 0.717) is 11.1 Å². The summed E-state index contributed by atoms with van der Waals surface area (Å²) in [4.78, 5) is 0. The Hall–Kier alpha value is -3.08. The van der Waals surface area contributed by atoms with Crippen LogP contribution in [-0.4, -0.2) is 33.3 Å². The maximum absolute atomic E-state index is 15.8. The average Bonchev–Trinajstić information content (AvgIpc) is 2.87. The van der Waals surface area contributed by atoms with Crippen LogP contribution in [0.25, 0.3) is 11.1 Å². The van der Waals surface area contributed by atoms with Gasteiger partial charge in [0.1, 0.15) is 5.75 Å². The summed E-state index contributed by atoms with van der Waals surface area (Å²) in [5, 5.41) is 28.8. The first-order valence-corrected chi connectivity index (χ1v) is 11.4. The first-order chi connectivity index (χ1) is 17.3. The molecule has 0 heterocycles. The van der Waals surface area contributed by atoms with Crippen LogP contribution in [0.15, 0.2) is 72.8 Å². The van der Waals surface area contributed by atoms with Crippen molar-refractivity contribution in [3.8, 4) is 16.9 Å². The lowest BCUT2D eigenvalue weighted by Gasteiger charge is -2.45. The Morgan fingerprint density at radius 1 is 0.730 bits per heavy atom. The van der Waals surface area contributed by atoms with E-state index in [1.807, 2.05) is 0 Å². The predicted molar refractivity (Wildman–Crippen MR) is 124 cm³/mol. The minimum atomic E-state index is -6.37. The van der Waals surface area contributed by atoms with Crippen molar-refractivity contribution < 1.29 is 46.4 Å². The molecule has 3 N–H and O–H groups in total. The van der Waals surface area contributed by atoms with Gasteiger partial charge in [0.25, 0.3) is 0 Å². The Morgan fingerprint density at radius 2 is 1.35 bits per heavy atom. The third-order valence-corrected chi connectivity index (χ3v) is 6.15. The third kappa shape index (κ3) is 5.18. The van der Waals surface area contributed by atoms with Crippen molar-refractivity contribution in [2.45, 2.75) is 56.5 Å². The number of benzene rings is 3. The van der Waals surface area contributed by atoms with E-state index < -0.39 is 48.8 Å². The van der Waals surface area contributed by atoms with E-state index in [0.717, 1.165) is 18.2 Å². The van der Waals surface area contributed by atoms with Gasteiger partial charge in [-0.25, -0.2) is 0 Å². The molecule has 4 nitrogen and oxygen atoms in total. The maximum Gasteiger partial charge on any atom is 0.454 e. The number of aliphatic hydroxyl groups excluding tert-OH is 2. The molecule has 0 radical (unpaired) electrons. The zero-order valence-electron chi connectivity index (χ0n) is 19.8. The van der Waals surface area contributed by atoms with Gasteiger partial charge in [0.15, 0.2) is 0 Å². The molecule has 0 fully saturated rings. The lowest BCUT2D eigenvalue weighted by molar-refractivity contribution is -0.415. The minimum absolute atomic E-state index is 0.0766. The molecule has 200 valence electrons. The van der Waals surface area contributed by atoms with Crippen LogP contribution in [0, 0.1) is 0 Å². The van der Waals surface area contributed by atoms with E-state index in [9.17, 15) is 32.9 Å². The SMILES string of the molecule is CCCC(Oc1cccc(-c2ccccc2)c1)(c1ccc(CO)c(CO)c1)C(F)(F)C(O)(F)C(F)(F)F.